The molecule has 0 bridgehead atoms. The van der Waals surface area contributed by atoms with Crippen LogP contribution in [0.4, 0.5) is 0 Å². The van der Waals surface area contributed by atoms with E-state index in [0.29, 0.717) is 0 Å². The minimum Gasteiger partial charge on any atom is -0.328 e. The van der Waals surface area contributed by atoms with Crippen LogP contribution in [0.1, 0.15) is 59.3 Å². The average molecular weight is 226 g/mol. The maximum atomic E-state index is 6.56. The lowest BCUT2D eigenvalue weighted by Gasteiger charge is -2.36. The third-order valence-corrected chi connectivity index (χ3v) is 7.63. The highest BCUT2D eigenvalue weighted by molar-refractivity contribution is 6.62. The molecule has 1 atom stereocenters. The first-order valence-electron chi connectivity index (χ1n) is 6.74. The zero-order chi connectivity index (χ0) is 11.3. The van der Waals surface area contributed by atoms with Crippen molar-refractivity contribution in [1.29, 1.82) is 0 Å². The lowest BCUT2D eigenvalue weighted by molar-refractivity contribution is 0.306. The average Bonchev–Trinajstić information content (AvgIpc) is 2.19. The molecule has 1 nitrogen and oxygen atoms in total. The van der Waals surface area contributed by atoms with Gasteiger partial charge in [-0.25, -0.2) is 0 Å². The molecule has 0 saturated heterocycles. The molecule has 1 fully saturated rings. The molecule has 0 aromatic carbocycles. The number of rotatable bonds is 5. The van der Waals surface area contributed by atoms with Crippen molar-refractivity contribution in [3.8, 4) is 0 Å². The third-order valence-electron chi connectivity index (χ3n) is 4.10. The Kier molecular flexibility index (Phi) is 5.34. The molecular formula is C13H28NSi. The van der Waals surface area contributed by atoms with E-state index in [-0.39, 0.29) is 14.0 Å². The molecule has 0 spiro atoms. The number of hydrogen-bond donors (Lipinski definition) is 1. The summed E-state index contributed by atoms with van der Waals surface area (Å²) >= 11 is 0. The van der Waals surface area contributed by atoms with Crippen LogP contribution < -0.4 is 5.73 Å². The SMILES string of the molecule is CC[Si](CC)C(C)(N)CC1CCCCC1. The Balaban J connectivity index is 2.45. The van der Waals surface area contributed by atoms with Crippen molar-refractivity contribution in [1.82, 2.24) is 0 Å². The molecule has 0 aliphatic heterocycles. The van der Waals surface area contributed by atoms with E-state index < -0.39 is 0 Å². The third kappa shape index (κ3) is 3.91. The number of hydrogen-bond acceptors (Lipinski definition) is 1. The van der Waals surface area contributed by atoms with Crippen LogP contribution in [0.3, 0.4) is 0 Å². The Morgan fingerprint density at radius 2 is 1.67 bits per heavy atom. The van der Waals surface area contributed by atoms with Crippen LogP contribution in [0.15, 0.2) is 0 Å². The van der Waals surface area contributed by atoms with Gasteiger partial charge in [0.2, 0.25) is 0 Å². The molecule has 0 aromatic rings. The number of nitrogens with two attached hydrogens (primary N) is 1. The van der Waals surface area contributed by atoms with Gasteiger partial charge < -0.3 is 5.73 Å². The molecule has 1 aliphatic carbocycles. The van der Waals surface area contributed by atoms with Gasteiger partial charge in [-0.3, -0.25) is 0 Å². The van der Waals surface area contributed by atoms with Gasteiger partial charge in [-0.05, 0) is 12.3 Å². The van der Waals surface area contributed by atoms with Crippen LogP contribution in [-0.2, 0) is 0 Å². The van der Waals surface area contributed by atoms with Crippen LogP contribution in [0, 0.1) is 5.92 Å². The first-order chi connectivity index (χ1) is 7.10. The topological polar surface area (TPSA) is 26.0 Å². The maximum Gasteiger partial charge on any atom is 0.0718 e. The van der Waals surface area contributed by atoms with Crippen molar-refractivity contribution in [2.45, 2.75) is 76.5 Å². The smallest absolute Gasteiger partial charge is 0.0718 e. The highest BCUT2D eigenvalue weighted by atomic mass is 28.3. The summed E-state index contributed by atoms with van der Waals surface area (Å²) in [5.41, 5.74) is 6.56. The maximum absolute atomic E-state index is 6.56. The molecule has 2 heteroatoms. The summed E-state index contributed by atoms with van der Waals surface area (Å²) in [5.74, 6) is 0.937. The summed E-state index contributed by atoms with van der Waals surface area (Å²) in [7, 11) is -0.321. The molecule has 0 amide bonds. The van der Waals surface area contributed by atoms with Crippen LogP contribution >= 0.6 is 0 Å². The molecule has 0 aromatic heterocycles. The molecule has 1 saturated carbocycles. The van der Waals surface area contributed by atoms with Gasteiger partial charge in [0, 0.05) is 5.16 Å². The molecule has 15 heavy (non-hydrogen) atoms. The van der Waals surface area contributed by atoms with Crippen molar-refractivity contribution in [2.75, 3.05) is 0 Å². The fourth-order valence-corrected chi connectivity index (χ4v) is 5.89. The summed E-state index contributed by atoms with van der Waals surface area (Å²) in [4.78, 5) is 0. The highest BCUT2D eigenvalue weighted by Gasteiger charge is 2.32. The van der Waals surface area contributed by atoms with Crippen LogP contribution in [-0.4, -0.2) is 14.0 Å². The van der Waals surface area contributed by atoms with Gasteiger partial charge in [0.15, 0.2) is 0 Å². The van der Waals surface area contributed by atoms with E-state index in [1.165, 1.54) is 50.6 Å². The molecule has 1 radical (unpaired) electrons. The monoisotopic (exact) mass is 226 g/mol. The minimum atomic E-state index is -0.321. The van der Waals surface area contributed by atoms with Crippen molar-refractivity contribution >= 4 is 8.80 Å². The Morgan fingerprint density at radius 1 is 1.13 bits per heavy atom. The Labute approximate surface area is 97.4 Å². The molecule has 2 N–H and O–H groups in total. The lowest BCUT2D eigenvalue weighted by Crippen LogP contribution is -2.52. The van der Waals surface area contributed by atoms with E-state index >= 15 is 0 Å². The van der Waals surface area contributed by atoms with Crippen molar-refractivity contribution in [3.63, 3.8) is 0 Å². The van der Waals surface area contributed by atoms with Crippen molar-refractivity contribution in [2.24, 2.45) is 11.7 Å². The second kappa shape index (κ2) is 6.05. The second-order valence-corrected chi connectivity index (χ2v) is 9.20. The molecular weight excluding hydrogens is 198 g/mol. The largest absolute Gasteiger partial charge is 0.328 e. The molecule has 1 unspecified atom stereocenters. The van der Waals surface area contributed by atoms with Gasteiger partial charge >= 0.3 is 0 Å². The normalized spacial score (nSPS) is 23.0. The Morgan fingerprint density at radius 3 is 2.13 bits per heavy atom. The van der Waals surface area contributed by atoms with E-state index in [1.54, 1.807) is 0 Å². The summed E-state index contributed by atoms with van der Waals surface area (Å²) < 4.78 is 0. The first kappa shape index (κ1) is 13.2. The van der Waals surface area contributed by atoms with Gasteiger partial charge in [0.1, 0.15) is 0 Å². The summed E-state index contributed by atoms with van der Waals surface area (Å²) in [6, 6.07) is 2.67. The van der Waals surface area contributed by atoms with Gasteiger partial charge in [-0.1, -0.05) is 65.0 Å². The standard InChI is InChI=1S/C13H28NSi/c1-4-15(5-2)13(3,14)11-12-9-7-6-8-10-12/h12H,4-11,14H2,1-3H3. The van der Waals surface area contributed by atoms with Gasteiger partial charge in [-0.15, -0.1) is 0 Å². The van der Waals surface area contributed by atoms with Gasteiger partial charge in [0.05, 0.1) is 8.80 Å². The van der Waals surface area contributed by atoms with E-state index in [2.05, 4.69) is 20.8 Å². The Hall–Kier alpha value is 0.177. The summed E-state index contributed by atoms with van der Waals surface area (Å²) in [5, 5.41) is 0.177. The molecule has 89 valence electrons. The van der Waals surface area contributed by atoms with E-state index in [9.17, 15) is 0 Å². The van der Waals surface area contributed by atoms with E-state index in [0.717, 1.165) is 5.92 Å². The Bertz CT molecular complexity index is 169. The predicted molar refractivity (Wildman–Crippen MR) is 70.5 cm³/mol. The van der Waals surface area contributed by atoms with E-state index in [1.807, 2.05) is 0 Å². The first-order valence-corrected chi connectivity index (χ1v) is 8.65. The fourth-order valence-electron chi connectivity index (χ4n) is 3.19. The van der Waals surface area contributed by atoms with Crippen molar-refractivity contribution in [3.05, 3.63) is 0 Å². The van der Waals surface area contributed by atoms with Crippen LogP contribution in [0.5, 0.6) is 0 Å². The quantitative estimate of drug-likeness (QED) is 0.710. The minimum absolute atomic E-state index is 0.177. The fraction of sp³-hybridized carbons (Fsp3) is 1.00. The molecule has 1 rings (SSSR count). The van der Waals surface area contributed by atoms with Crippen LogP contribution in [0.2, 0.25) is 12.1 Å². The molecule has 0 heterocycles. The predicted octanol–water partition coefficient (Wildman–Crippen LogP) is 3.75. The lowest BCUT2D eigenvalue weighted by atomic mass is 9.85. The van der Waals surface area contributed by atoms with E-state index in [4.69, 9.17) is 5.73 Å². The second-order valence-electron chi connectivity index (χ2n) is 5.44. The zero-order valence-electron chi connectivity index (χ0n) is 10.8. The molecule has 1 aliphatic rings. The van der Waals surface area contributed by atoms with Gasteiger partial charge in [0.25, 0.3) is 0 Å². The zero-order valence-corrected chi connectivity index (χ0v) is 11.8. The van der Waals surface area contributed by atoms with Crippen molar-refractivity contribution < 1.29 is 0 Å². The summed E-state index contributed by atoms with van der Waals surface area (Å²) in [6.45, 7) is 6.97. The summed E-state index contributed by atoms with van der Waals surface area (Å²) in [6.07, 6.45) is 8.52. The highest BCUT2D eigenvalue weighted by Crippen LogP contribution is 2.31. The van der Waals surface area contributed by atoms with Crippen LogP contribution in [0.25, 0.3) is 0 Å². The van der Waals surface area contributed by atoms with Gasteiger partial charge in [-0.2, -0.15) is 0 Å².